The van der Waals surface area contributed by atoms with E-state index >= 15 is 0 Å². The zero-order valence-corrected chi connectivity index (χ0v) is 16.9. The Labute approximate surface area is 166 Å². The molecular weight excluding hydrogens is 381 g/mol. The minimum atomic E-state index is -2.87. The highest BCUT2D eigenvalue weighted by molar-refractivity contribution is 7.91. The number of nitrogens with zero attached hydrogens (tertiary/aromatic N) is 3. The molecule has 8 heteroatoms. The molecule has 1 aromatic carbocycles. The second kappa shape index (κ2) is 8.08. The van der Waals surface area contributed by atoms with Gasteiger partial charge in [0.15, 0.2) is 9.84 Å². The van der Waals surface area contributed by atoms with Gasteiger partial charge in [0.2, 0.25) is 5.91 Å². The maximum atomic E-state index is 14.0. The molecule has 1 amide bonds. The third-order valence-corrected chi connectivity index (χ3v) is 7.85. The number of hydrogen-bond donors (Lipinski definition) is 0. The van der Waals surface area contributed by atoms with E-state index in [1.807, 2.05) is 4.90 Å². The Morgan fingerprint density at radius 1 is 1.11 bits per heavy atom. The summed E-state index contributed by atoms with van der Waals surface area (Å²) in [7, 11) is -2.87. The summed E-state index contributed by atoms with van der Waals surface area (Å²) in [5.74, 6) is 0.357. The van der Waals surface area contributed by atoms with Crippen LogP contribution in [0.25, 0.3) is 0 Å². The Balaban J connectivity index is 1.30. The number of sulfone groups is 1. The molecule has 2 aliphatic heterocycles. The fraction of sp³-hybridized carbons (Fsp3) is 0.650. The molecule has 154 valence electrons. The Kier molecular flexibility index (Phi) is 5.71. The third kappa shape index (κ3) is 4.72. The van der Waals surface area contributed by atoms with E-state index in [-0.39, 0.29) is 29.6 Å². The van der Waals surface area contributed by atoms with Gasteiger partial charge in [-0.1, -0.05) is 18.2 Å². The predicted molar refractivity (Wildman–Crippen MR) is 105 cm³/mol. The first kappa shape index (κ1) is 19.8. The number of benzene rings is 1. The van der Waals surface area contributed by atoms with Gasteiger partial charge in [0.05, 0.1) is 18.1 Å². The van der Waals surface area contributed by atoms with Crippen LogP contribution in [0.4, 0.5) is 4.39 Å². The van der Waals surface area contributed by atoms with Crippen molar-refractivity contribution in [1.82, 2.24) is 14.7 Å². The van der Waals surface area contributed by atoms with Crippen LogP contribution in [-0.2, 0) is 21.2 Å². The van der Waals surface area contributed by atoms with E-state index in [4.69, 9.17) is 0 Å². The van der Waals surface area contributed by atoms with E-state index in [9.17, 15) is 17.6 Å². The molecule has 1 unspecified atom stereocenters. The van der Waals surface area contributed by atoms with Crippen molar-refractivity contribution in [2.24, 2.45) is 0 Å². The molecule has 1 aromatic rings. The van der Waals surface area contributed by atoms with Crippen LogP contribution < -0.4 is 0 Å². The van der Waals surface area contributed by atoms with Gasteiger partial charge in [-0.05, 0) is 25.3 Å². The highest BCUT2D eigenvalue weighted by Gasteiger charge is 2.36. The lowest BCUT2D eigenvalue weighted by Gasteiger charge is -2.38. The lowest BCUT2D eigenvalue weighted by molar-refractivity contribution is -0.134. The SMILES string of the molecule is O=C(CN1CCN(C2CCS(=O)(=O)C2)CC1)N(Cc1ccccc1F)C1CC1. The van der Waals surface area contributed by atoms with E-state index in [1.54, 1.807) is 18.2 Å². The van der Waals surface area contributed by atoms with Crippen LogP contribution in [-0.4, -0.2) is 85.3 Å². The molecule has 0 aromatic heterocycles. The maximum Gasteiger partial charge on any atom is 0.237 e. The van der Waals surface area contributed by atoms with E-state index in [2.05, 4.69) is 9.80 Å². The highest BCUT2D eigenvalue weighted by Crippen LogP contribution is 2.29. The molecule has 3 fully saturated rings. The molecule has 3 aliphatic rings. The van der Waals surface area contributed by atoms with Crippen molar-refractivity contribution in [3.63, 3.8) is 0 Å². The lowest BCUT2D eigenvalue weighted by Crippen LogP contribution is -2.53. The van der Waals surface area contributed by atoms with Crippen LogP contribution in [0.5, 0.6) is 0 Å². The quantitative estimate of drug-likeness (QED) is 0.705. The Bertz CT molecular complexity index is 820. The summed E-state index contributed by atoms with van der Waals surface area (Å²) in [5.41, 5.74) is 0.565. The Hall–Kier alpha value is -1.51. The summed E-state index contributed by atoms with van der Waals surface area (Å²) < 4.78 is 37.4. The minimum absolute atomic E-state index is 0.0580. The first-order valence-corrected chi connectivity index (χ1v) is 11.9. The number of rotatable bonds is 6. The van der Waals surface area contributed by atoms with Crippen molar-refractivity contribution in [3.05, 3.63) is 35.6 Å². The molecule has 0 spiro atoms. The van der Waals surface area contributed by atoms with Gasteiger partial charge in [0.1, 0.15) is 5.82 Å². The van der Waals surface area contributed by atoms with E-state index in [0.29, 0.717) is 24.4 Å². The molecule has 0 N–H and O–H groups in total. The van der Waals surface area contributed by atoms with Crippen LogP contribution in [0.15, 0.2) is 24.3 Å². The number of carbonyl (C=O) groups excluding carboxylic acids is 1. The fourth-order valence-electron chi connectivity index (χ4n) is 4.25. The van der Waals surface area contributed by atoms with Gasteiger partial charge in [-0.15, -0.1) is 0 Å². The van der Waals surface area contributed by atoms with Crippen molar-refractivity contribution >= 4 is 15.7 Å². The van der Waals surface area contributed by atoms with Crippen LogP contribution in [0.1, 0.15) is 24.8 Å². The van der Waals surface area contributed by atoms with Crippen LogP contribution >= 0.6 is 0 Å². The number of amides is 1. The molecule has 0 bridgehead atoms. The second-order valence-electron chi connectivity index (χ2n) is 8.21. The number of hydrogen-bond acceptors (Lipinski definition) is 5. The van der Waals surface area contributed by atoms with Gasteiger partial charge in [0.25, 0.3) is 0 Å². The fourth-order valence-corrected chi connectivity index (χ4v) is 6.01. The largest absolute Gasteiger partial charge is 0.334 e. The van der Waals surface area contributed by atoms with Crippen molar-refractivity contribution < 1.29 is 17.6 Å². The standard InChI is InChI=1S/C20H28FN3O3S/c21-19-4-2-1-3-16(19)13-24(17-5-6-17)20(25)14-22-8-10-23(11-9-22)18-7-12-28(26,27)15-18/h1-4,17-18H,5-15H2. The Morgan fingerprint density at radius 3 is 2.43 bits per heavy atom. The molecule has 2 heterocycles. The molecule has 1 aliphatic carbocycles. The summed E-state index contributed by atoms with van der Waals surface area (Å²) in [6.07, 6.45) is 2.70. The zero-order chi connectivity index (χ0) is 19.7. The number of carbonyl (C=O) groups is 1. The normalized spacial score (nSPS) is 25.7. The molecule has 1 atom stereocenters. The van der Waals surface area contributed by atoms with Gasteiger partial charge >= 0.3 is 0 Å². The maximum absolute atomic E-state index is 14.0. The van der Waals surface area contributed by atoms with Crippen molar-refractivity contribution in [2.45, 2.75) is 37.9 Å². The summed E-state index contributed by atoms with van der Waals surface area (Å²) in [5, 5.41) is 0. The smallest absolute Gasteiger partial charge is 0.237 e. The average molecular weight is 410 g/mol. The van der Waals surface area contributed by atoms with Gasteiger partial charge in [-0.25, -0.2) is 12.8 Å². The average Bonchev–Trinajstić information content (AvgIpc) is 3.44. The predicted octanol–water partition coefficient (Wildman–Crippen LogP) is 1.12. The van der Waals surface area contributed by atoms with Gasteiger partial charge in [0, 0.05) is 50.4 Å². The summed E-state index contributed by atoms with van der Waals surface area (Å²) in [6, 6.07) is 7.01. The van der Waals surface area contributed by atoms with E-state index in [1.165, 1.54) is 6.07 Å². The second-order valence-corrected chi connectivity index (χ2v) is 10.4. The van der Waals surface area contributed by atoms with Gasteiger partial charge in [-0.2, -0.15) is 0 Å². The molecule has 2 saturated heterocycles. The van der Waals surface area contributed by atoms with Gasteiger partial charge in [-0.3, -0.25) is 14.6 Å². The number of halogens is 1. The summed E-state index contributed by atoms with van der Waals surface area (Å²) in [6.45, 7) is 3.80. The van der Waals surface area contributed by atoms with Gasteiger partial charge < -0.3 is 4.90 Å². The molecule has 6 nitrogen and oxygen atoms in total. The molecule has 28 heavy (non-hydrogen) atoms. The highest BCUT2D eigenvalue weighted by atomic mass is 32.2. The van der Waals surface area contributed by atoms with Crippen LogP contribution in [0.3, 0.4) is 0 Å². The van der Waals surface area contributed by atoms with Crippen LogP contribution in [0, 0.1) is 5.82 Å². The van der Waals surface area contributed by atoms with E-state index < -0.39 is 9.84 Å². The minimum Gasteiger partial charge on any atom is -0.334 e. The molecule has 1 saturated carbocycles. The third-order valence-electron chi connectivity index (χ3n) is 6.10. The monoisotopic (exact) mass is 409 g/mol. The van der Waals surface area contributed by atoms with Crippen molar-refractivity contribution in [3.8, 4) is 0 Å². The van der Waals surface area contributed by atoms with Crippen molar-refractivity contribution in [2.75, 3.05) is 44.2 Å². The first-order valence-electron chi connectivity index (χ1n) is 10.1. The molecule has 4 rings (SSSR count). The first-order chi connectivity index (χ1) is 13.4. The zero-order valence-electron chi connectivity index (χ0n) is 16.1. The number of piperazine rings is 1. The topological polar surface area (TPSA) is 60.9 Å². The Morgan fingerprint density at radius 2 is 1.82 bits per heavy atom. The summed E-state index contributed by atoms with van der Waals surface area (Å²) >= 11 is 0. The van der Waals surface area contributed by atoms with Crippen molar-refractivity contribution in [1.29, 1.82) is 0 Å². The van der Waals surface area contributed by atoms with Crippen LogP contribution in [0.2, 0.25) is 0 Å². The van der Waals surface area contributed by atoms with E-state index in [0.717, 1.165) is 45.4 Å². The lowest BCUT2D eigenvalue weighted by atomic mass is 10.2. The summed E-state index contributed by atoms with van der Waals surface area (Å²) in [4.78, 5) is 19.1. The molecule has 0 radical (unpaired) electrons. The molecular formula is C20H28FN3O3S.